The maximum absolute atomic E-state index is 13.8. The highest BCUT2D eigenvalue weighted by Gasteiger charge is 2.25. The van der Waals surface area contributed by atoms with Gasteiger partial charge in [-0.1, -0.05) is 23.5 Å². The van der Waals surface area contributed by atoms with Gasteiger partial charge in [0.15, 0.2) is 22.2 Å². The molecule has 0 saturated carbocycles. The number of amides is 1. The van der Waals surface area contributed by atoms with Crippen molar-refractivity contribution in [3.8, 4) is 11.5 Å². The number of fused-ring (bicyclic) bond motifs is 2. The molecule has 2 aromatic carbocycles. The Hall–Kier alpha value is -3.14. The summed E-state index contributed by atoms with van der Waals surface area (Å²) in [7, 11) is 1.63. The monoisotopic (exact) mass is 495 g/mol. The van der Waals surface area contributed by atoms with E-state index in [0.29, 0.717) is 29.6 Å². The number of thiazole rings is 1. The van der Waals surface area contributed by atoms with Gasteiger partial charge in [0.25, 0.3) is 5.91 Å². The zero-order chi connectivity index (χ0) is 24.2. The van der Waals surface area contributed by atoms with Crippen LogP contribution in [0.25, 0.3) is 21.2 Å². The van der Waals surface area contributed by atoms with Crippen LogP contribution in [-0.4, -0.2) is 68.9 Å². The van der Waals surface area contributed by atoms with Gasteiger partial charge in [-0.05, 0) is 37.6 Å². The summed E-state index contributed by atoms with van der Waals surface area (Å²) < 4.78 is 23.5. The molecule has 35 heavy (non-hydrogen) atoms. The highest BCUT2D eigenvalue weighted by atomic mass is 32.1. The molecule has 2 aromatic heterocycles. The number of carbonyl (C=O) groups is 1. The number of methoxy groups -OCH3 is 1. The minimum Gasteiger partial charge on any atom is -0.497 e. The average molecular weight is 496 g/mol. The normalized spacial score (nSPS) is 14.5. The number of aromatic nitrogens is 1. The Labute approximate surface area is 208 Å². The number of hydrogen-bond acceptors (Lipinski definition) is 8. The van der Waals surface area contributed by atoms with Gasteiger partial charge in [0.2, 0.25) is 0 Å². The summed E-state index contributed by atoms with van der Waals surface area (Å²) in [6, 6.07) is 13.2. The van der Waals surface area contributed by atoms with Crippen LogP contribution in [0.3, 0.4) is 0 Å². The molecular formula is C26H29N3O5S. The summed E-state index contributed by atoms with van der Waals surface area (Å²) in [6.45, 7) is 7.20. The van der Waals surface area contributed by atoms with Crippen LogP contribution in [0.5, 0.6) is 11.5 Å². The summed E-state index contributed by atoms with van der Waals surface area (Å²) in [4.78, 5) is 22.6. The second kappa shape index (κ2) is 10.6. The van der Waals surface area contributed by atoms with Crippen LogP contribution in [0, 0.1) is 0 Å². The van der Waals surface area contributed by atoms with Crippen molar-refractivity contribution < 1.29 is 23.4 Å². The van der Waals surface area contributed by atoms with E-state index in [2.05, 4.69) is 4.90 Å². The Morgan fingerprint density at radius 1 is 1.20 bits per heavy atom. The van der Waals surface area contributed by atoms with Crippen LogP contribution in [0.2, 0.25) is 0 Å². The molecule has 0 atom stereocenters. The molecular weight excluding hydrogens is 466 g/mol. The Morgan fingerprint density at radius 3 is 2.86 bits per heavy atom. The van der Waals surface area contributed by atoms with Crippen molar-refractivity contribution in [3.63, 3.8) is 0 Å². The van der Waals surface area contributed by atoms with Crippen LogP contribution >= 0.6 is 11.3 Å². The van der Waals surface area contributed by atoms with Gasteiger partial charge in [0.05, 0.1) is 37.1 Å². The number of para-hydroxylation sites is 1. The first kappa shape index (κ1) is 23.6. The minimum absolute atomic E-state index is 0.211. The lowest BCUT2D eigenvalue weighted by atomic mass is 10.2. The van der Waals surface area contributed by atoms with Gasteiger partial charge >= 0.3 is 0 Å². The molecule has 3 heterocycles. The van der Waals surface area contributed by atoms with Crippen molar-refractivity contribution in [1.82, 2.24) is 9.88 Å². The Bertz CT molecular complexity index is 1310. The zero-order valence-electron chi connectivity index (χ0n) is 20.0. The van der Waals surface area contributed by atoms with Crippen molar-refractivity contribution in [3.05, 3.63) is 48.2 Å². The van der Waals surface area contributed by atoms with Crippen molar-refractivity contribution in [1.29, 1.82) is 0 Å². The number of benzene rings is 2. The van der Waals surface area contributed by atoms with E-state index < -0.39 is 0 Å². The van der Waals surface area contributed by atoms with Crippen LogP contribution in [0.4, 0.5) is 5.13 Å². The quantitative estimate of drug-likeness (QED) is 0.329. The maximum Gasteiger partial charge on any atom is 0.295 e. The predicted molar refractivity (Wildman–Crippen MR) is 137 cm³/mol. The number of morpholine rings is 1. The van der Waals surface area contributed by atoms with Gasteiger partial charge in [0.1, 0.15) is 5.75 Å². The topological polar surface area (TPSA) is 77.3 Å². The largest absolute Gasteiger partial charge is 0.497 e. The van der Waals surface area contributed by atoms with Gasteiger partial charge in [0, 0.05) is 37.6 Å². The molecule has 0 bridgehead atoms. The molecule has 0 spiro atoms. The number of furan rings is 1. The van der Waals surface area contributed by atoms with E-state index in [1.165, 1.54) is 11.3 Å². The number of anilines is 1. The lowest BCUT2D eigenvalue weighted by molar-refractivity contribution is 0.0376. The first-order valence-electron chi connectivity index (χ1n) is 11.9. The summed E-state index contributed by atoms with van der Waals surface area (Å²) in [5.74, 6) is 1.43. The average Bonchev–Trinajstić information content (AvgIpc) is 3.51. The molecule has 1 amide bonds. The van der Waals surface area contributed by atoms with Crippen molar-refractivity contribution in [2.75, 3.05) is 58.0 Å². The van der Waals surface area contributed by atoms with E-state index in [4.69, 9.17) is 23.6 Å². The van der Waals surface area contributed by atoms with Crippen molar-refractivity contribution >= 4 is 43.6 Å². The summed E-state index contributed by atoms with van der Waals surface area (Å²) in [6.07, 6.45) is 0.815. The fourth-order valence-corrected chi connectivity index (χ4v) is 5.21. The summed E-state index contributed by atoms with van der Waals surface area (Å²) >= 11 is 1.49. The first-order valence-corrected chi connectivity index (χ1v) is 12.7. The smallest absolute Gasteiger partial charge is 0.295 e. The van der Waals surface area contributed by atoms with Crippen molar-refractivity contribution in [2.24, 2.45) is 0 Å². The highest BCUT2D eigenvalue weighted by molar-refractivity contribution is 7.22. The van der Waals surface area contributed by atoms with E-state index in [-0.39, 0.29) is 11.7 Å². The van der Waals surface area contributed by atoms with Gasteiger partial charge in [-0.3, -0.25) is 14.6 Å². The van der Waals surface area contributed by atoms with Crippen LogP contribution in [0.1, 0.15) is 23.9 Å². The first-order chi connectivity index (χ1) is 17.2. The van der Waals surface area contributed by atoms with Crippen LogP contribution in [-0.2, 0) is 4.74 Å². The van der Waals surface area contributed by atoms with E-state index in [0.717, 1.165) is 60.6 Å². The second-order valence-electron chi connectivity index (χ2n) is 8.31. The van der Waals surface area contributed by atoms with Crippen LogP contribution < -0.4 is 14.4 Å². The zero-order valence-corrected chi connectivity index (χ0v) is 20.8. The number of carbonyl (C=O) groups excluding carboxylic acids is 1. The Kier molecular flexibility index (Phi) is 7.17. The Morgan fingerprint density at radius 2 is 2.06 bits per heavy atom. The number of hydrogen-bond donors (Lipinski definition) is 0. The summed E-state index contributed by atoms with van der Waals surface area (Å²) in [5.41, 5.74) is 1.39. The lowest BCUT2D eigenvalue weighted by Gasteiger charge is -2.27. The molecule has 5 rings (SSSR count). The predicted octanol–water partition coefficient (Wildman–Crippen LogP) is 4.82. The lowest BCUT2D eigenvalue weighted by Crippen LogP contribution is -2.39. The molecule has 1 aliphatic rings. The fourth-order valence-electron chi connectivity index (χ4n) is 4.24. The summed E-state index contributed by atoms with van der Waals surface area (Å²) in [5, 5.41) is 1.48. The molecule has 1 saturated heterocycles. The third-order valence-electron chi connectivity index (χ3n) is 6.04. The number of ether oxygens (including phenoxy) is 3. The molecule has 8 nitrogen and oxygen atoms in total. The van der Waals surface area contributed by atoms with E-state index >= 15 is 0 Å². The third-order valence-corrected chi connectivity index (χ3v) is 7.10. The fraction of sp³-hybridized carbons (Fsp3) is 0.385. The van der Waals surface area contributed by atoms with Gasteiger partial charge in [-0.25, -0.2) is 4.98 Å². The molecule has 1 fully saturated rings. The van der Waals surface area contributed by atoms with Crippen molar-refractivity contribution in [2.45, 2.75) is 13.3 Å². The van der Waals surface area contributed by atoms with Gasteiger partial charge in [-0.15, -0.1) is 0 Å². The van der Waals surface area contributed by atoms with Gasteiger partial charge in [-0.2, -0.15) is 0 Å². The third kappa shape index (κ3) is 5.12. The highest BCUT2D eigenvalue weighted by Crippen LogP contribution is 2.34. The molecule has 184 valence electrons. The van der Waals surface area contributed by atoms with E-state index in [9.17, 15) is 4.79 Å². The van der Waals surface area contributed by atoms with E-state index in [1.807, 2.05) is 43.3 Å². The molecule has 9 heteroatoms. The minimum atomic E-state index is -0.211. The Balaban J connectivity index is 1.44. The van der Waals surface area contributed by atoms with Crippen LogP contribution in [0.15, 0.2) is 46.9 Å². The van der Waals surface area contributed by atoms with E-state index in [1.54, 1.807) is 18.1 Å². The molecule has 0 unspecified atom stereocenters. The maximum atomic E-state index is 13.8. The molecule has 0 N–H and O–H groups in total. The molecule has 4 aromatic rings. The van der Waals surface area contributed by atoms with Gasteiger partial charge < -0.3 is 18.6 Å². The molecule has 1 aliphatic heterocycles. The number of rotatable bonds is 9. The second-order valence-corrected chi connectivity index (χ2v) is 9.32. The molecule has 0 radical (unpaired) electrons. The standard InChI is InChI=1S/C26H29N3O5S/c1-3-33-21-7-4-6-18-16-22(34-24(18)21)25(30)29(11-5-10-28-12-14-32-15-13-28)26-27-20-17-19(31-2)8-9-23(20)35-26/h4,6-9,16-17H,3,5,10-15H2,1-2H3. The SMILES string of the molecule is CCOc1cccc2cc(C(=O)N(CCCN3CCOCC3)c3nc4cc(OC)ccc4s3)oc12. The molecule has 0 aliphatic carbocycles. The number of nitrogens with zero attached hydrogens (tertiary/aromatic N) is 3.